The monoisotopic (exact) mass is 326 g/mol. The van der Waals surface area contributed by atoms with Crippen molar-refractivity contribution in [3.05, 3.63) is 39.8 Å². The molecule has 1 N–H and O–H groups in total. The van der Waals surface area contributed by atoms with Crippen LogP contribution in [-0.2, 0) is 23.0 Å². The van der Waals surface area contributed by atoms with Crippen LogP contribution >= 0.6 is 11.3 Å². The van der Waals surface area contributed by atoms with Gasteiger partial charge in [0.2, 0.25) is 5.09 Å². The number of fused-ring (bicyclic) bond motifs is 1. The van der Waals surface area contributed by atoms with E-state index in [1.54, 1.807) is 24.5 Å². The van der Waals surface area contributed by atoms with Crippen LogP contribution in [0.25, 0.3) is 0 Å². The predicted octanol–water partition coefficient (Wildman–Crippen LogP) is 2.37. The maximum atomic E-state index is 12.8. The lowest BCUT2D eigenvalue weighted by atomic mass is 10.0. The van der Waals surface area contributed by atoms with Crippen molar-refractivity contribution in [1.82, 2.24) is 9.62 Å². The van der Waals surface area contributed by atoms with Gasteiger partial charge in [-0.15, -0.1) is 11.3 Å². The highest BCUT2D eigenvalue weighted by Gasteiger charge is 2.36. The molecule has 0 amide bonds. The van der Waals surface area contributed by atoms with Gasteiger partial charge in [0.05, 0.1) is 6.54 Å². The number of thiophene rings is 1. The summed E-state index contributed by atoms with van der Waals surface area (Å²) in [6, 6.07) is 5.11. The summed E-state index contributed by atoms with van der Waals surface area (Å²) in [7, 11) is -1.79. The number of nitrogens with one attached hydrogen (secondary N) is 1. The third-order valence-electron chi connectivity index (χ3n) is 3.77. The van der Waals surface area contributed by atoms with Crippen LogP contribution in [0, 0.1) is 0 Å². The number of sulfonamides is 1. The zero-order chi connectivity index (χ0) is 15.0. The molecular weight excluding hydrogens is 308 g/mol. The quantitative estimate of drug-likeness (QED) is 0.937. The Hall–Kier alpha value is -1.15. The van der Waals surface area contributed by atoms with E-state index in [1.807, 2.05) is 18.4 Å². The molecule has 0 aromatic carbocycles. The molecule has 1 aliphatic heterocycles. The molecule has 114 valence electrons. The Kier molecular flexibility index (Phi) is 3.92. The second-order valence-electron chi connectivity index (χ2n) is 5.09. The fraction of sp³-hybridized carbons (Fsp3) is 0.429. The molecule has 2 aromatic rings. The van der Waals surface area contributed by atoms with Crippen molar-refractivity contribution in [3.8, 4) is 0 Å². The van der Waals surface area contributed by atoms with Gasteiger partial charge in [0.15, 0.2) is 0 Å². The first kappa shape index (κ1) is 14.8. The van der Waals surface area contributed by atoms with Crippen molar-refractivity contribution in [2.75, 3.05) is 13.6 Å². The zero-order valence-corrected chi connectivity index (χ0v) is 13.6. The Morgan fingerprint density at radius 2 is 2.24 bits per heavy atom. The Balaban J connectivity index is 1.91. The maximum absolute atomic E-state index is 12.8. The van der Waals surface area contributed by atoms with Gasteiger partial charge in [0.25, 0.3) is 10.0 Å². The minimum Gasteiger partial charge on any atom is -0.447 e. The fourth-order valence-electron chi connectivity index (χ4n) is 2.70. The third kappa shape index (κ3) is 2.55. The number of furan rings is 1. The van der Waals surface area contributed by atoms with Gasteiger partial charge < -0.3 is 9.73 Å². The van der Waals surface area contributed by atoms with Crippen LogP contribution in [0.2, 0.25) is 0 Å². The Morgan fingerprint density at radius 3 is 3.00 bits per heavy atom. The van der Waals surface area contributed by atoms with E-state index in [9.17, 15) is 8.42 Å². The van der Waals surface area contributed by atoms with Crippen LogP contribution in [0.3, 0.4) is 0 Å². The Labute approximate surface area is 128 Å². The van der Waals surface area contributed by atoms with E-state index in [0.717, 1.165) is 12.0 Å². The molecule has 0 bridgehead atoms. The summed E-state index contributed by atoms with van der Waals surface area (Å²) < 4.78 is 32.5. The normalized spacial score (nSPS) is 19.6. The van der Waals surface area contributed by atoms with Gasteiger partial charge in [0.1, 0.15) is 5.76 Å². The molecule has 0 aliphatic carbocycles. The second kappa shape index (κ2) is 5.57. The van der Waals surface area contributed by atoms with Crippen LogP contribution in [-0.4, -0.2) is 26.3 Å². The predicted molar refractivity (Wildman–Crippen MR) is 81.8 cm³/mol. The highest BCUT2D eigenvalue weighted by Crippen LogP contribution is 2.36. The van der Waals surface area contributed by atoms with Gasteiger partial charge in [-0.2, -0.15) is 4.31 Å². The number of rotatable bonds is 4. The maximum Gasteiger partial charge on any atom is 0.277 e. The lowest BCUT2D eigenvalue weighted by Gasteiger charge is -2.31. The van der Waals surface area contributed by atoms with E-state index in [4.69, 9.17) is 4.42 Å². The van der Waals surface area contributed by atoms with Crippen molar-refractivity contribution in [2.24, 2.45) is 0 Å². The minimum absolute atomic E-state index is 0.0262. The van der Waals surface area contributed by atoms with E-state index in [-0.39, 0.29) is 11.1 Å². The molecule has 0 radical (unpaired) electrons. The van der Waals surface area contributed by atoms with Crippen molar-refractivity contribution < 1.29 is 12.8 Å². The van der Waals surface area contributed by atoms with E-state index in [2.05, 4.69) is 5.32 Å². The smallest absolute Gasteiger partial charge is 0.277 e. The molecule has 3 heterocycles. The largest absolute Gasteiger partial charge is 0.447 e. The second-order valence-corrected chi connectivity index (χ2v) is 7.91. The first-order valence-electron chi connectivity index (χ1n) is 6.85. The van der Waals surface area contributed by atoms with Crippen LogP contribution in [0.15, 0.2) is 33.1 Å². The first-order chi connectivity index (χ1) is 10.0. The summed E-state index contributed by atoms with van der Waals surface area (Å²) in [4.78, 5) is 1.28. The summed E-state index contributed by atoms with van der Waals surface area (Å²) in [5.41, 5.74) is 1.11. The summed E-state index contributed by atoms with van der Waals surface area (Å²) in [5.74, 6) is 0.622. The first-order valence-corrected chi connectivity index (χ1v) is 9.17. The van der Waals surface area contributed by atoms with Crippen molar-refractivity contribution in [2.45, 2.75) is 31.0 Å². The minimum atomic E-state index is -3.59. The Morgan fingerprint density at radius 1 is 1.43 bits per heavy atom. The fourth-order valence-corrected chi connectivity index (χ4v) is 5.20. The summed E-state index contributed by atoms with van der Waals surface area (Å²) in [5, 5.41) is 5.00. The van der Waals surface area contributed by atoms with Gasteiger partial charge >= 0.3 is 0 Å². The molecule has 0 spiro atoms. The van der Waals surface area contributed by atoms with Crippen molar-refractivity contribution >= 4 is 21.4 Å². The van der Waals surface area contributed by atoms with E-state index in [0.29, 0.717) is 18.8 Å². The van der Waals surface area contributed by atoms with E-state index in [1.165, 1.54) is 15.2 Å². The number of hydrogen-bond donors (Lipinski definition) is 1. The SMILES string of the molecule is CNCc1ccc(S(=O)(=O)N2CCc3sccc3C2C)o1. The average molecular weight is 326 g/mol. The molecule has 1 unspecified atom stereocenters. The van der Waals surface area contributed by atoms with Gasteiger partial charge in [-0.05, 0) is 49.5 Å². The third-order valence-corrected chi connectivity index (χ3v) is 6.61. The average Bonchev–Trinajstić information content (AvgIpc) is 3.08. The van der Waals surface area contributed by atoms with Crippen LogP contribution in [0.4, 0.5) is 0 Å². The molecule has 0 saturated heterocycles. The molecule has 3 rings (SSSR count). The Bertz CT molecular complexity index is 733. The zero-order valence-electron chi connectivity index (χ0n) is 12.0. The summed E-state index contributed by atoms with van der Waals surface area (Å²) in [6.07, 6.45) is 0.765. The number of nitrogens with zero attached hydrogens (tertiary/aromatic N) is 1. The lowest BCUT2D eigenvalue weighted by molar-refractivity contribution is 0.311. The van der Waals surface area contributed by atoms with E-state index >= 15 is 0 Å². The molecule has 2 aromatic heterocycles. The molecule has 0 saturated carbocycles. The van der Waals surface area contributed by atoms with Gasteiger partial charge in [-0.1, -0.05) is 0 Å². The molecule has 7 heteroatoms. The van der Waals surface area contributed by atoms with Crippen LogP contribution in [0.5, 0.6) is 0 Å². The number of hydrogen-bond acceptors (Lipinski definition) is 5. The summed E-state index contributed by atoms with van der Waals surface area (Å²) >= 11 is 1.70. The highest BCUT2D eigenvalue weighted by atomic mass is 32.2. The topological polar surface area (TPSA) is 62.6 Å². The molecule has 1 atom stereocenters. The van der Waals surface area contributed by atoms with Gasteiger partial charge in [-0.3, -0.25) is 0 Å². The highest BCUT2D eigenvalue weighted by molar-refractivity contribution is 7.89. The molecule has 5 nitrogen and oxygen atoms in total. The van der Waals surface area contributed by atoms with Gasteiger partial charge in [0, 0.05) is 17.5 Å². The molecule has 0 fully saturated rings. The molecule has 1 aliphatic rings. The van der Waals surface area contributed by atoms with Crippen LogP contribution < -0.4 is 5.32 Å². The molecular formula is C14H18N2O3S2. The summed E-state index contributed by atoms with van der Waals surface area (Å²) in [6.45, 7) is 2.94. The van der Waals surface area contributed by atoms with Crippen LogP contribution in [0.1, 0.15) is 29.2 Å². The lowest BCUT2D eigenvalue weighted by Crippen LogP contribution is -2.38. The van der Waals surface area contributed by atoms with Crippen molar-refractivity contribution in [1.29, 1.82) is 0 Å². The standard InChI is InChI=1S/C14H18N2O3S2/c1-10-12-6-8-20-13(12)5-7-16(10)21(17,18)14-4-3-11(19-14)9-15-2/h3-4,6,8,10,15H,5,7,9H2,1-2H3. The molecule has 21 heavy (non-hydrogen) atoms. The van der Waals surface area contributed by atoms with Crippen molar-refractivity contribution in [3.63, 3.8) is 0 Å². The van der Waals surface area contributed by atoms with E-state index < -0.39 is 10.0 Å². The van der Waals surface area contributed by atoms with Gasteiger partial charge in [-0.25, -0.2) is 8.42 Å².